The van der Waals surface area contributed by atoms with Crippen LogP contribution in [0.1, 0.15) is 16.7 Å². The standard InChI is InChI=1S/C16H17NO2S/c1-13-8-9-16(12-14(13)2)17-20(18,19)11-10-15-6-4-3-5-7-15/h3-12,17H,1-2H3/b11-10+. The molecule has 0 bridgehead atoms. The Bertz CT molecular complexity index is 719. The van der Waals surface area contributed by atoms with E-state index < -0.39 is 10.0 Å². The van der Waals surface area contributed by atoms with Gasteiger partial charge in [0.1, 0.15) is 0 Å². The maximum Gasteiger partial charge on any atom is 0.255 e. The molecule has 0 aliphatic heterocycles. The summed E-state index contributed by atoms with van der Waals surface area (Å²) in [5.74, 6) is 0. The highest BCUT2D eigenvalue weighted by atomic mass is 32.2. The number of nitrogens with one attached hydrogen (secondary N) is 1. The van der Waals surface area contributed by atoms with Crippen LogP contribution in [-0.4, -0.2) is 8.42 Å². The zero-order valence-electron chi connectivity index (χ0n) is 11.5. The van der Waals surface area contributed by atoms with Gasteiger partial charge in [-0.1, -0.05) is 36.4 Å². The van der Waals surface area contributed by atoms with Crippen molar-refractivity contribution in [3.8, 4) is 0 Å². The first-order chi connectivity index (χ1) is 9.46. The quantitative estimate of drug-likeness (QED) is 0.931. The molecule has 2 aromatic carbocycles. The van der Waals surface area contributed by atoms with E-state index in [9.17, 15) is 8.42 Å². The molecule has 3 nitrogen and oxygen atoms in total. The fourth-order valence-corrected chi connectivity index (χ4v) is 2.60. The Morgan fingerprint density at radius 3 is 2.30 bits per heavy atom. The monoisotopic (exact) mass is 287 g/mol. The van der Waals surface area contributed by atoms with Crippen LogP contribution in [0.5, 0.6) is 0 Å². The number of rotatable bonds is 4. The minimum atomic E-state index is -3.49. The molecule has 2 rings (SSSR count). The first kappa shape index (κ1) is 14.3. The van der Waals surface area contributed by atoms with Crippen LogP contribution in [0.25, 0.3) is 6.08 Å². The van der Waals surface area contributed by atoms with Gasteiger partial charge in [0.2, 0.25) is 0 Å². The van der Waals surface area contributed by atoms with Crippen molar-refractivity contribution >= 4 is 21.8 Å². The molecule has 0 aliphatic carbocycles. The van der Waals surface area contributed by atoms with E-state index in [0.717, 1.165) is 16.7 Å². The van der Waals surface area contributed by atoms with E-state index in [1.165, 1.54) is 5.41 Å². The fourth-order valence-electron chi connectivity index (χ4n) is 1.74. The lowest BCUT2D eigenvalue weighted by molar-refractivity contribution is 0.609. The smallest absolute Gasteiger partial charge is 0.255 e. The van der Waals surface area contributed by atoms with E-state index in [0.29, 0.717) is 5.69 Å². The molecule has 0 aliphatic rings. The van der Waals surface area contributed by atoms with Gasteiger partial charge in [-0.3, -0.25) is 4.72 Å². The van der Waals surface area contributed by atoms with Crippen molar-refractivity contribution in [3.05, 3.63) is 70.6 Å². The van der Waals surface area contributed by atoms with E-state index in [1.807, 2.05) is 56.3 Å². The molecule has 0 aromatic heterocycles. The predicted molar refractivity (Wildman–Crippen MR) is 83.9 cm³/mol. The summed E-state index contributed by atoms with van der Waals surface area (Å²) < 4.78 is 26.5. The SMILES string of the molecule is Cc1ccc(NS(=O)(=O)/C=C/c2ccccc2)cc1C. The van der Waals surface area contributed by atoms with Crippen molar-refractivity contribution in [3.63, 3.8) is 0 Å². The average molecular weight is 287 g/mol. The summed E-state index contributed by atoms with van der Waals surface area (Å²) in [7, 11) is -3.49. The van der Waals surface area contributed by atoms with Crippen molar-refractivity contribution in [2.45, 2.75) is 13.8 Å². The maximum absolute atomic E-state index is 12.0. The minimum absolute atomic E-state index is 0.575. The number of anilines is 1. The Labute approximate surface area is 120 Å². The summed E-state index contributed by atoms with van der Waals surface area (Å²) in [6, 6.07) is 14.8. The van der Waals surface area contributed by atoms with Gasteiger partial charge in [-0.05, 0) is 48.7 Å². The zero-order chi connectivity index (χ0) is 14.6. The number of benzene rings is 2. The molecule has 104 valence electrons. The second-order valence-electron chi connectivity index (χ2n) is 4.66. The number of hydrogen-bond donors (Lipinski definition) is 1. The molecule has 0 amide bonds. The van der Waals surface area contributed by atoms with Crippen molar-refractivity contribution in [2.75, 3.05) is 4.72 Å². The molecule has 4 heteroatoms. The third kappa shape index (κ3) is 3.96. The number of hydrogen-bond acceptors (Lipinski definition) is 2. The highest BCUT2D eigenvalue weighted by Crippen LogP contribution is 2.16. The van der Waals surface area contributed by atoms with Crippen molar-refractivity contribution in [2.24, 2.45) is 0 Å². The topological polar surface area (TPSA) is 46.2 Å². The lowest BCUT2D eigenvalue weighted by Gasteiger charge is -2.07. The molecule has 0 unspecified atom stereocenters. The zero-order valence-corrected chi connectivity index (χ0v) is 12.3. The summed E-state index contributed by atoms with van der Waals surface area (Å²) in [5, 5.41) is 1.18. The van der Waals surface area contributed by atoms with Gasteiger partial charge in [0.15, 0.2) is 0 Å². The van der Waals surface area contributed by atoms with Gasteiger partial charge < -0.3 is 0 Å². The summed E-state index contributed by atoms with van der Waals surface area (Å²) in [6.07, 6.45) is 1.57. The van der Waals surface area contributed by atoms with Crippen LogP contribution < -0.4 is 4.72 Å². The van der Waals surface area contributed by atoms with Gasteiger partial charge in [-0.25, -0.2) is 8.42 Å². The second kappa shape index (κ2) is 5.92. The van der Waals surface area contributed by atoms with Gasteiger partial charge in [0.05, 0.1) is 5.41 Å². The maximum atomic E-state index is 12.0. The first-order valence-electron chi connectivity index (χ1n) is 6.29. The molecule has 0 atom stereocenters. The third-order valence-electron chi connectivity index (χ3n) is 3.01. The van der Waals surface area contributed by atoms with E-state index in [-0.39, 0.29) is 0 Å². The van der Waals surface area contributed by atoms with E-state index in [4.69, 9.17) is 0 Å². The van der Waals surface area contributed by atoms with Gasteiger partial charge in [0, 0.05) is 5.69 Å². The van der Waals surface area contributed by atoms with Gasteiger partial charge in [0.25, 0.3) is 10.0 Å². The minimum Gasteiger partial charge on any atom is -0.280 e. The second-order valence-corrected chi connectivity index (χ2v) is 6.23. The highest BCUT2D eigenvalue weighted by molar-refractivity contribution is 7.95. The normalized spacial score (nSPS) is 11.7. The first-order valence-corrected chi connectivity index (χ1v) is 7.84. The summed E-state index contributed by atoms with van der Waals surface area (Å²) in [4.78, 5) is 0. The fraction of sp³-hybridized carbons (Fsp3) is 0.125. The van der Waals surface area contributed by atoms with Crippen LogP contribution in [0.4, 0.5) is 5.69 Å². The molecule has 0 saturated carbocycles. The molecule has 0 saturated heterocycles. The number of aryl methyl sites for hydroxylation is 2. The molecule has 0 radical (unpaired) electrons. The summed E-state index contributed by atoms with van der Waals surface area (Å²) in [5.41, 5.74) is 3.61. The molecule has 2 aromatic rings. The average Bonchev–Trinajstić information content (AvgIpc) is 2.42. The van der Waals surface area contributed by atoms with Crippen LogP contribution in [0.15, 0.2) is 53.9 Å². The van der Waals surface area contributed by atoms with Gasteiger partial charge in [-0.2, -0.15) is 0 Å². The Morgan fingerprint density at radius 2 is 1.65 bits per heavy atom. The Hall–Kier alpha value is -2.07. The molecular formula is C16H17NO2S. The van der Waals surface area contributed by atoms with Crippen LogP contribution in [0, 0.1) is 13.8 Å². The molecule has 1 N–H and O–H groups in total. The van der Waals surface area contributed by atoms with E-state index in [1.54, 1.807) is 12.1 Å². The molecule has 0 heterocycles. The van der Waals surface area contributed by atoms with Gasteiger partial charge >= 0.3 is 0 Å². The summed E-state index contributed by atoms with van der Waals surface area (Å²) >= 11 is 0. The lowest BCUT2D eigenvalue weighted by atomic mass is 10.1. The van der Waals surface area contributed by atoms with Crippen LogP contribution >= 0.6 is 0 Å². The van der Waals surface area contributed by atoms with Gasteiger partial charge in [-0.15, -0.1) is 0 Å². The van der Waals surface area contributed by atoms with Crippen molar-refractivity contribution in [1.82, 2.24) is 0 Å². The Balaban J connectivity index is 2.15. The number of sulfonamides is 1. The third-order valence-corrected chi connectivity index (χ3v) is 4.02. The highest BCUT2D eigenvalue weighted by Gasteiger charge is 2.06. The van der Waals surface area contributed by atoms with Crippen LogP contribution in [-0.2, 0) is 10.0 Å². The van der Waals surface area contributed by atoms with E-state index >= 15 is 0 Å². The van der Waals surface area contributed by atoms with Crippen LogP contribution in [0.2, 0.25) is 0 Å². The Kier molecular flexibility index (Phi) is 4.25. The molecule has 0 fully saturated rings. The van der Waals surface area contributed by atoms with Crippen molar-refractivity contribution in [1.29, 1.82) is 0 Å². The Morgan fingerprint density at radius 1 is 0.950 bits per heavy atom. The largest absolute Gasteiger partial charge is 0.280 e. The van der Waals surface area contributed by atoms with Crippen LogP contribution in [0.3, 0.4) is 0 Å². The van der Waals surface area contributed by atoms with Crippen molar-refractivity contribution < 1.29 is 8.42 Å². The summed E-state index contributed by atoms with van der Waals surface area (Å²) in [6.45, 7) is 3.94. The predicted octanol–water partition coefficient (Wildman–Crippen LogP) is 3.72. The molecular weight excluding hydrogens is 270 g/mol. The molecule has 20 heavy (non-hydrogen) atoms. The lowest BCUT2D eigenvalue weighted by Crippen LogP contribution is -2.09. The molecule has 0 spiro atoms. The van der Waals surface area contributed by atoms with E-state index in [2.05, 4.69) is 4.72 Å².